The summed E-state index contributed by atoms with van der Waals surface area (Å²) in [6.07, 6.45) is 3.88. The van der Waals surface area contributed by atoms with Crippen LogP contribution in [0.3, 0.4) is 0 Å². The number of para-hydroxylation sites is 2. The summed E-state index contributed by atoms with van der Waals surface area (Å²) in [5, 5.41) is 7.29. The number of methoxy groups -OCH3 is 1. The lowest BCUT2D eigenvalue weighted by molar-refractivity contribution is 0.0955. The van der Waals surface area contributed by atoms with Crippen LogP contribution in [-0.4, -0.2) is 19.2 Å². The van der Waals surface area contributed by atoms with Gasteiger partial charge < -0.3 is 14.1 Å². The predicted octanol–water partition coefficient (Wildman–Crippen LogP) is 8.59. The molecule has 0 saturated heterocycles. The maximum Gasteiger partial charge on any atom is 0.271 e. The topological polar surface area (TPSA) is 67.1 Å². The van der Waals surface area contributed by atoms with Crippen molar-refractivity contribution in [1.29, 1.82) is 0 Å². The van der Waals surface area contributed by atoms with Gasteiger partial charge in [-0.3, -0.25) is 4.79 Å². The van der Waals surface area contributed by atoms with E-state index in [0.29, 0.717) is 5.56 Å². The number of carbonyl (C=O) groups excluding carboxylic acids is 1. The van der Waals surface area contributed by atoms with Gasteiger partial charge in [0.15, 0.2) is 5.76 Å². The Kier molecular flexibility index (Phi) is 7.07. The zero-order chi connectivity index (χ0) is 29.2. The van der Waals surface area contributed by atoms with Gasteiger partial charge in [-0.15, -0.1) is 11.3 Å². The van der Waals surface area contributed by atoms with Gasteiger partial charge in [0.05, 0.1) is 24.7 Å². The minimum Gasteiger partial charge on any atom is -0.497 e. The van der Waals surface area contributed by atoms with Gasteiger partial charge in [0.1, 0.15) is 11.3 Å². The van der Waals surface area contributed by atoms with Crippen LogP contribution in [0.1, 0.15) is 38.0 Å². The normalized spacial score (nSPS) is 14.5. The molecule has 43 heavy (non-hydrogen) atoms. The number of carbonyl (C=O) groups is 1. The number of furan rings is 1. The maximum absolute atomic E-state index is 12.9. The Morgan fingerprint density at radius 1 is 0.930 bits per heavy atom. The van der Waals surface area contributed by atoms with Crippen LogP contribution >= 0.6 is 11.3 Å². The Labute approximate surface area is 253 Å². The van der Waals surface area contributed by atoms with Crippen LogP contribution in [0.2, 0.25) is 0 Å². The highest BCUT2D eigenvalue weighted by Gasteiger charge is 2.31. The van der Waals surface area contributed by atoms with E-state index in [4.69, 9.17) is 9.15 Å². The molecule has 1 atom stereocenters. The van der Waals surface area contributed by atoms with Crippen LogP contribution in [0, 0.1) is 0 Å². The molecule has 7 heteroatoms. The highest BCUT2D eigenvalue weighted by Crippen LogP contribution is 2.48. The molecule has 1 aliphatic rings. The number of benzene rings is 4. The van der Waals surface area contributed by atoms with E-state index in [1.165, 1.54) is 10.4 Å². The maximum atomic E-state index is 12.9. The fraction of sp³-hybridized carbons (Fsp3) is 0.0556. The van der Waals surface area contributed by atoms with Crippen molar-refractivity contribution >= 4 is 51.5 Å². The van der Waals surface area contributed by atoms with E-state index in [-0.39, 0.29) is 11.8 Å². The predicted molar refractivity (Wildman–Crippen MR) is 173 cm³/mol. The first-order valence-electron chi connectivity index (χ1n) is 13.9. The number of hydrazone groups is 1. The van der Waals surface area contributed by atoms with Gasteiger partial charge in [-0.05, 0) is 95.4 Å². The number of thiophene rings is 1. The minimum atomic E-state index is -0.291. The lowest BCUT2D eigenvalue weighted by Gasteiger charge is -2.35. The summed E-state index contributed by atoms with van der Waals surface area (Å²) in [6.45, 7) is 0. The van der Waals surface area contributed by atoms with E-state index in [9.17, 15) is 4.79 Å². The molecule has 6 aromatic rings. The highest BCUT2D eigenvalue weighted by molar-refractivity contribution is 7.10. The Hall–Kier alpha value is -5.40. The van der Waals surface area contributed by atoms with E-state index in [0.717, 1.165) is 45.1 Å². The number of fused-ring (bicyclic) bond motifs is 2. The van der Waals surface area contributed by atoms with Crippen molar-refractivity contribution in [1.82, 2.24) is 5.43 Å². The number of anilines is 2. The summed E-state index contributed by atoms with van der Waals surface area (Å²) in [5.41, 5.74) is 8.97. The molecule has 0 aliphatic carbocycles. The molecule has 2 aromatic heterocycles. The molecular formula is C36H27N3O3S. The van der Waals surface area contributed by atoms with Crippen LogP contribution in [-0.2, 0) is 0 Å². The van der Waals surface area contributed by atoms with Gasteiger partial charge in [-0.25, -0.2) is 5.43 Å². The van der Waals surface area contributed by atoms with Crippen LogP contribution in [0.15, 0.2) is 136 Å². The zero-order valence-electron chi connectivity index (χ0n) is 23.3. The molecule has 6 nitrogen and oxygen atoms in total. The second-order valence-corrected chi connectivity index (χ2v) is 11.1. The quantitative estimate of drug-likeness (QED) is 0.151. The van der Waals surface area contributed by atoms with E-state index in [2.05, 4.69) is 75.4 Å². The summed E-state index contributed by atoms with van der Waals surface area (Å²) in [5.74, 6) is 1.34. The molecule has 1 aliphatic heterocycles. The fourth-order valence-electron chi connectivity index (χ4n) is 5.37. The van der Waals surface area contributed by atoms with Crippen LogP contribution < -0.4 is 15.1 Å². The second-order valence-electron chi connectivity index (χ2n) is 10.1. The molecule has 7 rings (SSSR count). The molecule has 0 spiro atoms. The molecule has 0 radical (unpaired) electrons. The lowest BCUT2D eigenvalue weighted by atomic mass is 9.89. The summed E-state index contributed by atoms with van der Waals surface area (Å²) >= 11 is 1.75. The SMILES string of the molecule is COc1ccc(/C=N/NC(=O)c2ccc(N3C(c4cc5ccccc5o4)=CC(c4cccs4)c4ccccc43)cc2)cc1. The van der Waals surface area contributed by atoms with Crippen molar-refractivity contribution in [3.63, 3.8) is 0 Å². The van der Waals surface area contributed by atoms with E-state index in [1.807, 2.05) is 66.7 Å². The molecular weight excluding hydrogens is 554 g/mol. The molecule has 0 saturated carbocycles. The number of hydrogen-bond donors (Lipinski definition) is 1. The molecule has 1 N–H and O–H groups in total. The summed E-state index contributed by atoms with van der Waals surface area (Å²) in [7, 11) is 1.62. The summed E-state index contributed by atoms with van der Waals surface area (Å²) < 4.78 is 11.6. The standard InChI is InChI=1S/C36H27N3O3S/c1-41-28-18-12-24(13-19-28)23-37-38-36(40)25-14-16-27(17-15-25)39-31-9-4-3-8-29(31)30(35-11-6-20-43-35)22-32(39)34-21-26-7-2-5-10-33(26)42-34/h2-23,30H,1H3,(H,38,40)/b37-23+. The van der Waals surface area contributed by atoms with Crippen LogP contribution in [0.25, 0.3) is 16.7 Å². The highest BCUT2D eigenvalue weighted by atomic mass is 32.1. The third kappa shape index (κ3) is 5.22. The van der Waals surface area contributed by atoms with Crippen molar-refractivity contribution in [2.24, 2.45) is 5.10 Å². The fourth-order valence-corrected chi connectivity index (χ4v) is 6.18. The first-order valence-corrected chi connectivity index (χ1v) is 14.8. The van der Waals surface area contributed by atoms with Gasteiger partial charge in [0, 0.05) is 27.4 Å². The minimum absolute atomic E-state index is 0.0873. The van der Waals surface area contributed by atoms with Crippen LogP contribution in [0.5, 0.6) is 5.75 Å². The number of hydrogen-bond acceptors (Lipinski definition) is 6. The first-order chi connectivity index (χ1) is 21.2. The summed E-state index contributed by atoms with van der Waals surface area (Å²) in [4.78, 5) is 16.4. The number of ether oxygens (including phenoxy) is 1. The molecule has 3 heterocycles. The monoisotopic (exact) mass is 581 g/mol. The Morgan fingerprint density at radius 3 is 2.49 bits per heavy atom. The number of rotatable bonds is 7. The van der Waals surface area contributed by atoms with Crippen molar-refractivity contribution in [2.75, 3.05) is 12.0 Å². The molecule has 4 aromatic carbocycles. The van der Waals surface area contributed by atoms with Gasteiger partial charge in [-0.2, -0.15) is 5.10 Å². The van der Waals surface area contributed by atoms with E-state index < -0.39 is 0 Å². The number of amides is 1. The van der Waals surface area contributed by atoms with Crippen molar-refractivity contribution in [3.8, 4) is 5.75 Å². The van der Waals surface area contributed by atoms with Gasteiger partial charge in [0.2, 0.25) is 0 Å². The smallest absolute Gasteiger partial charge is 0.271 e. The average Bonchev–Trinajstić information content (AvgIpc) is 3.75. The second kappa shape index (κ2) is 11.5. The molecule has 1 unspecified atom stereocenters. The van der Waals surface area contributed by atoms with E-state index in [1.54, 1.807) is 24.7 Å². The largest absolute Gasteiger partial charge is 0.497 e. The first kappa shape index (κ1) is 26.5. The molecule has 1 amide bonds. The van der Waals surface area contributed by atoms with Crippen molar-refractivity contribution in [2.45, 2.75) is 5.92 Å². The molecule has 210 valence electrons. The van der Waals surface area contributed by atoms with Crippen molar-refractivity contribution in [3.05, 3.63) is 154 Å². The van der Waals surface area contributed by atoms with Gasteiger partial charge in [-0.1, -0.05) is 42.5 Å². The molecule has 0 fully saturated rings. The Bertz CT molecular complexity index is 1920. The number of allylic oxidation sites excluding steroid dienone is 1. The average molecular weight is 582 g/mol. The third-order valence-electron chi connectivity index (χ3n) is 7.49. The molecule has 0 bridgehead atoms. The Balaban J connectivity index is 1.22. The number of nitrogens with one attached hydrogen (secondary N) is 1. The summed E-state index contributed by atoms with van der Waals surface area (Å²) in [6, 6.07) is 37.9. The van der Waals surface area contributed by atoms with E-state index >= 15 is 0 Å². The van der Waals surface area contributed by atoms with Gasteiger partial charge >= 0.3 is 0 Å². The van der Waals surface area contributed by atoms with Gasteiger partial charge in [0.25, 0.3) is 5.91 Å². The van der Waals surface area contributed by atoms with Crippen molar-refractivity contribution < 1.29 is 13.9 Å². The number of nitrogens with zero attached hydrogens (tertiary/aromatic N) is 2. The Morgan fingerprint density at radius 2 is 1.72 bits per heavy atom. The van der Waals surface area contributed by atoms with Crippen LogP contribution in [0.4, 0.5) is 11.4 Å². The zero-order valence-corrected chi connectivity index (χ0v) is 24.1. The third-order valence-corrected chi connectivity index (χ3v) is 8.44. The lowest BCUT2D eigenvalue weighted by Crippen LogP contribution is -2.23.